The van der Waals surface area contributed by atoms with Crippen molar-refractivity contribution in [2.24, 2.45) is 5.41 Å². The van der Waals surface area contributed by atoms with Crippen LogP contribution in [0.3, 0.4) is 0 Å². The van der Waals surface area contributed by atoms with E-state index in [1.54, 1.807) is 7.05 Å². The number of carbonyl (C=O) groups excluding carboxylic acids is 1. The van der Waals surface area contributed by atoms with Crippen molar-refractivity contribution >= 4 is 23.1 Å². The van der Waals surface area contributed by atoms with E-state index in [9.17, 15) is 4.79 Å². The van der Waals surface area contributed by atoms with Gasteiger partial charge in [0.1, 0.15) is 17.3 Å². The number of Topliss-reactive ketones (excluding diaryl/α,β-unsaturated/α-hetero) is 1. The number of nitrogens with one attached hydrogen (secondary N) is 2. The first kappa shape index (κ1) is 21.1. The molecule has 1 heterocycles. The van der Waals surface area contributed by atoms with Gasteiger partial charge in [-0.1, -0.05) is 40.5 Å². The van der Waals surface area contributed by atoms with E-state index >= 15 is 0 Å². The van der Waals surface area contributed by atoms with Crippen LogP contribution in [-0.2, 0) is 4.79 Å². The zero-order chi connectivity index (χ0) is 19.0. The lowest BCUT2D eigenvalue weighted by molar-refractivity contribution is -0.114. The standard InChI is InChI=1S/C20H34N4O/c1-7-9-10-13-24(8-2)17-12-11-15(19(22-6)23-17)18(21)16(25)14-20(3,4)5/h11-12,21H,7-10,13-14H2,1-6H3,(H,22,23). The molecule has 140 valence electrons. The third-order valence-corrected chi connectivity index (χ3v) is 4.09. The molecule has 0 saturated heterocycles. The molecule has 1 rings (SSSR count). The van der Waals surface area contributed by atoms with Gasteiger partial charge in [0.15, 0.2) is 5.78 Å². The zero-order valence-corrected chi connectivity index (χ0v) is 16.7. The average Bonchev–Trinajstić information content (AvgIpc) is 2.56. The Kier molecular flexibility index (Phi) is 8.07. The minimum atomic E-state index is -0.145. The highest BCUT2D eigenvalue weighted by atomic mass is 16.1. The van der Waals surface area contributed by atoms with E-state index in [1.165, 1.54) is 12.8 Å². The van der Waals surface area contributed by atoms with Crippen LogP contribution in [0, 0.1) is 10.8 Å². The van der Waals surface area contributed by atoms with Gasteiger partial charge in [0.05, 0.1) is 0 Å². The molecule has 0 radical (unpaired) electrons. The van der Waals surface area contributed by atoms with Gasteiger partial charge in [-0.2, -0.15) is 0 Å². The summed E-state index contributed by atoms with van der Waals surface area (Å²) in [6.45, 7) is 12.2. The van der Waals surface area contributed by atoms with E-state index in [0.717, 1.165) is 25.3 Å². The molecule has 2 N–H and O–H groups in total. The Balaban J connectivity index is 3.00. The highest BCUT2D eigenvalue weighted by Gasteiger charge is 2.22. The van der Waals surface area contributed by atoms with Gasteiger partial charge in [0.25, 0.3) is 0 Å². The second-order valence-corrected chi connectivity index (χ2v) is 7.64. The Hall–Kier alpha value is -1.91. The molecule has 5 heteroatoms. The third kappa shape index (κ3) is 6.48. The van der Waals surface area contributed by atoms with Crippen LogP contribution in [0.4, 0.5) is 11.6 Å². The number of carbonyl (C=O) groups is 1. The lowest BCUT2D eigenvalue weighted by Crippen LogP contribution is -2.26. The molecule has 0 aromatic carbocycles. The summed E-state index contributed by atoms with van der Waals surface area (Å²) in [5, 5.41) is 11.3. The number of hydrogen-bond acceptors (Lipinski definition) is 5. The summed E-state index contributed by atoms with van der Waals surface area (Å²) >= 11 is 0. The molecule has 0 unspecified atom stereocenters. The summed E-state index contributed by atoms with van der Waals surface area (Å²) in [5.74, 6) is 1.34. The monoisotopic (exact) mass is 346 g/mol. The van der Waals surface area contributed by atoms with Gasteiger partial charge in [0.2, 0.25) is 0 Å². The van der Waals surface area contributed by atoms with Crippen LogP contribution in [0.2, 0.25) is 0 Å². The number of nitrogens with zero attached hydrogens (tertiary/aromatic N) is 2. The topological polar surface area (TPSA) is 69.1 Å². The Bertz CT molecular complexity index is 590. The molecule has 0 spiro atoms. The molecule has 0 atom stereocenters. The van der Waals surface area contributed by atoms with Crippen molar-refractivity contribution in [3.63, 3.8) is 0 Å². The number of unbranched alkanes of at least 4 members (excludes halogenated alkanes) is 2. The van der Waals surface area contributed by atoms with Crippen molar-refractivity contribution in [1.82, 2.24) is 4.98 Å². The van der Waals surface area contributed by atoms with Crippen molar-refractivity contribution in [3.05, 3.63) is 17.7 Å². The first-order valence-corrected chi connectivity index (χ1v) is 9.29. The molecule has 5 nitrogen and oxygen atoms in total. The first-order valence-electron chi connectivity index (χ1n) is 9.29. The van der Waals surface area contributed by atoms with Crippen molar-refractivity contribution < 1.29 is 4.79 Å². The molecule has 0 aliphatic heterocycles. The fourth-order valence-corrected chi connectivity index (χ4v) is 2.72. The maximum Gasteiger partial charge on any atom is 0.181 e. The van der Waals surface area contributed by atoms with Gasteiger partial charge in [0, 0.05) is 32.1 Å². The maximum absolute atomic E-state index is 12.4. The first-order chi connectivity index (χ1) is 11.7. The Morgan fingerprint density at radius 3 is 2.44 bits per heavy atom. The molecule has 0 saturated carbocycles. The van der Waals surface area contributed by atoms with Gasteiger partial charge in [-0.3, -0.25) is 10.2 Å². The molecular formula is C20H34N4O. The quantitative estimate of drug-likeness (QED) is 0.483. The number of aromatic nitrogens is 1. The van der Waals surface area contributed by atoms with Crippen molar-refractivity contribution in [2.75, 3.05) is 30.4 Å². The maximum atomic E-state index is 12.4. The number of rotatable bonds is 10. The molecule has 1 aromatic heterocycles. The molecule has 0 aliphatic rings. The van der Waals surface area contributed by atoms with E-state index in [2.05, 4.69) is 29.0 Å². The smallest absolute Gasteiger partial charge is 0.181 e. The van der Waals surface area contributed by atoms with Crippen molar-refractivity contribution in [1.29, 1.82) is 5.41 Å². The van der Waals surface area contributed by atoms with E-state index in [4.69, 9.17) is 5.41 Å². The SMILES string of the molecule is CCCCCN(CC)c1ccc(C(=N)C(=O)CC(C)(C)C)c(NC)n1. The summed E-state index contributed by atoms with van der Waals surface area (Å²) in [4.78, 5) is 19.3. The summed E-state index contributed by atoms with van der Waals surface area (Å²) in [7, 11) is 1.78. The van der Waals surface area contributed by atoms with Crippen LogP contribution in [0.15, 0.2) is 12.1 Å². The van der Waals surface area contributed by atoms with Crippen LogP contribution in [-0.4, -0.2) is 36.6 Å². The minimum absolute atomic E-state index is 0.0346. The van der Waals surface area contributed by atoms with Gasteiger partial charge in [-0.15, -0.1) is 0 Å². The summed E-state index contributed by atoms with van der Waals surface area (Å²) < 4.78 is 0. The van der Waals surface area contributed by atoms with Crippen LogP contribution < -0.4 is 10.2 Å². The highest BCUT2D eigenvalue weighted by Crippen LogP contribution is 2.24. The van der Waals surface area contributed by atoms with Crippen LogP contribution >= 0.6 is 0 Å². The highest BCUT2D eigenvalue weighted by molar-refractivity contribution is 6.46. The lowest BCUT2D eigenvalue weighted by Gasteiger charge is -2.23. The molecule has 25 heavy (non-hydrogen) atoms. The second-order valence-electron chi connectivity index (χ2n) is 7.64. The number of hydrogen-bond donors (Lipinski definition) is 2. The predicted octanol–water partition coefficient (Wildman–Crippen LogP) is 4.51. The van der Waals surface area contributed by atoms with Gasteiger partial charge in [-0.25, -0.2) is 4.98 Å². The fourth-order valence-electron chi connectivity index (χ4n) is 2.72. The zero-order valence-electron chi connectivity index (χ0n) is 16.7. The fraction of sp³-hybridized carbons (Fsp3) is 0.650. The number of ketones is 1. The van der Waals surface area contributed by atoms with E-state index in [-0.39, 0.29) is 16.9 Å². The van der Waals surface area contributed by atoms with Gasteiger partial charge in [-0.05, 0) is 30.9 Å². The van der Waals surface area contributed by atoms with Crippen molar-refractivity contribution in [2.45, 2.75) is 60.3 Å². The van der Waals surface area contributed by atoms with Crippen LogP contribution in [0.1, 0.15) is 65.9 Å². The Morgan fingerprint density at radius 1 is 1.24 bits per heavy atom. The van der Waals surface area contributed by atoms with Crippen LogP contribution in [0.5, 0.6) is 0 Å². The molecule has 0 amide bonds. The van der Waals surface area contributed by atoms with Gasteiger partial charge >= 0.3 is 0 Å². The minimum Gasteiger partial charge on any atom is -0.373 e. The van der Waals surface area contributed by atoms with Crippen LogP contribution in [0.25, 0.3) is 0 Å². The average molecular weight is 347 g/mol. The number of pyridine rings is 1. The molecule has 0 bridgehead atoms. The molecule has 0 aliphatic carbocycles. The molecule has 0 fully saturated rings. The normalized spacial score (nSPS) is 11.3. The largest absolute Gasteiger partial charge is 0.373 e. The predicted molar refractivity (Wildman–Crippen MR) is 107 cm³/mol. The second kappa shape index (κ2) is 9.54. The summed E-state index contributed by atoms with van der Waals surface area (Å²) in [6, 6.07) is 3.77. The van der Waals surface area contributed by atoms with Gasteiger partial charge < -0.3 is 10.2 Å². The van der Waals surface area contributed by atoms with Crippen molar-refractivity contribution in [3.8, 4) is 0 Å². The summed E-state index contributed by atoms with van der Waals surface area (Å²) in [6.07, 6.45) is 3.90. The Labute approximate surface area is 152 Å². The third-order valence-electron chi connectivity index (χ3n) is 4.09. The van der Waals surface area contributed by atoms with E-state index < -0.39 is 0 Å². The number of anilines is 2. The van der Waals surface area contributed by atoms with E-state index in [0.29, 0.717) is 17.8 Å². The lowest BCUT2D eigenvalue weighted by atomic mass is 9.87. The van der Waals surface area contributed by atoms with E-state index in [1.807, 2.05) is 32.9 Å². The Morgan fingerprint density at radius 2 is 1.92 bits per heavy atom. The summed E-state index contributed by atoms with van der Waals surface area (Å²) in [5.41, 5.74) is 0.479. The molecular weight excluding hydrogens is 312 g/mol. The molecule has 1 aromatic rings.